The van der Waals surface area contributed by atoms with Gasteiger partial charge in [0, 0.05) is 40.1 Å². The Balaban J connectivity index is 1.93. The molecule has 0 spiro atoms. The normalized spacial score (nSPS) is 22.7. The Morgan fingerprint density at radius 2 is 1.56 bits per heavy atom. The van der Waals surface area contributed by atoms with Gasteiger partial charge in [0.25, 0.3) is 0 Å². The highest BCUT2D eigenvalue weighted by atomic mass is 32.1. The molecule has 1 aliphatic heterocycles. The number of aryl methyl sites for hydroxylation is 1. The van der Waals surface area contributed by atoms with Gasteiger partial charge >= 0.3 is 23.9 Å². The summed E-state index contributed by atoms with van der Waals surface area (Å²) < 4.78 is 28.6. The van der Waals surface area contributed by atoms with Gasteiger partial charge in [-0.05, 0) is 18.3 Å². The topological polar surface area (TPSA) is 176 Å². The molecule has 1 aromatic carbocycles. The highest BCUT2D eigenvalue weighted by molar-refractivity contribution is 7.80. The minimum absolute atomic E-state index is 0.143. The number of ether oxygens (including phenoxy) is 5. The van der Waals surface area contributed by atoms with Crippen LogP contribution in [0.1, 0.15) is 27.7 Å². The number of carbonyl (C=O) groups excluding carboxylic acids is 4. The molecule has 210 valence electrons. The predicted octanol–water partition coefficient (Wildman–Crippen LogP) is 1.93. The van der Waals surface area contributed by atoms with Gasteiger partial charge in [-0.3, -0.25) is 19.2 Å². The number of thiocarbonyl (C=S) groups is 1. The van der Waals surface area contributed by atoms with Gasteiger partial charge in [-0.25, -0.2) is 0 Å². The number of nitrogens with one attached hydrogen (secondary N) is 1. The summed E-state index contributed by atoms with van der Waals surface area (Å²) in [6.07, 6.45) is -6.52. The van der Waals surface area contributed by atoms with Crippen molar-refractivity contribution >= 4 is 57.8 Å². The van der Waals surface area contributed by atoms with Gasteiger partial charge in [0.2, 0.25) is 11.0 Å². The number of carbonyl (C=O) groups is 4. The minimum atomic E-state index is -1.37. The van der Waals surface area contributed by atoms with Gasteiger partial charge < -0.3 is 38.7 Å². The number of azo groups is 1. The van der Waals surface area contributed by atoms with E-state index in [4.69, 9.17) is 35.9 Å². The molecule has 39 heavy (non-hydrogen) atoms. The monoisotopic (exact) mass is 564 g/mol. The Morgan fingerprint density at radius 1 is 0.974 bits per heavy atom. The largest absolute Gasteiger partial charge is 0.493 e. The summed E-state index contributed by atoms with van der Waals surface area (Å²) in [4.78, 5) is 47.2. The van der Waals surface area contributed by atoms with Crippen molar-refractivity contribution in [3.05, 3.63) is 24.3 Å². The molecule has 0 radical (unpaired) electrons. The smallest absolute Gasteiger partial charge is 0.303 e. The molecule has 3 rings (SSSR count). The molecule has 0 bridgehead atoms. The lowest BCUT2D eigenvalue weighted by atomic mass is 9.97. The average Bonchev–Trinajstić information content (AvgIpc) is 3.09. The number of esters is 4. The maximum Gasteiger partial charge on any atom is 0.303 e. The quantitative estimate of drug-likeness (QED) is 0.217. The number of para-hydroxylation sites is 1. The summed E-state index contributed by atoms with van der Waals surface area (Å²) in [5.74, 6) is -3.07. The van der Waals surface area contributed by atoms with E-state index in [2.05, 4.69) is 15.5 Å². The molecule has 2 aromatic rings. The van der Waals surface area contributed by atoms with Gasteiger partial charge in [-0.2, -0.15) is 0 Å². The van der Waals surface area contributed by atoms with Crippen molar-refractivity contribution in [2.75, 3.05) is 6.61 Å². The molecule has 2 heterocycles. The van der Waals surface area contributed by atoms with Crippen LogP contribution in [0.5, 0.6) is 5.88 Å². The third-order valence-electron chi connectivity index (χ3n) is 5.55. The summed E-state index contributed by atoms with van der Waals surface area (Å²) in [6.45, 7) is 4.13. The van der Waals surface area contributed by atoms with E-state index in [1.807, 2.05) is 0 Å². The molecule has 2 N–H and O–H groups in total. The van der Waals surface area contributed by atoms with Crippen molar-refractivity contribution in [2.24, 2.45) is 17.3 Å². The van der Waals surface area contributed by atoms with Gasteiger partial charge in [0.05, 0.1) is 5.52 Å². The lowest BCUT2D eigenvalue weighted by Crippen LogP contribution is -2.66. The number of hydrogen-bond donors (Lipinski definition) is 2. The van der Waals surface area contributed by atoms with Crippen LogP contribution in [0, 0.1) is 0 Å². The highest BCUT2D eigenvalue weighted by Crippen LogP contribution is 2.37. The van der Waals surface area contributed by atoms with E-state index in [1.54, 1.807) is 31.3 Å². The molecule has 14 nitrogen and oxygen atoms in total. The van der Waals surface area contributed by atoms with Gasteiger partial charge in [0.1, 0.15) is 12.7 Å². The van der Waals surface area contributed by atoms with Crippen LogP contribution in [0.4, 0.5) is 5.69 Å². The molecule has 1 aromatic heterocycles. The summed E-state index contributed by atoms with van der Waals surface area (Å²) in [6, 6.07) is 7.12. The van der Waals surface area contributed by atoms with E-state index in [9.17, 15) is 24.3 Å². The van der Waals surface area contributed by atoms with Gasteiger partial charge in [0.15, 0.2) is 30.2 Å². The van der Waals surface area contributed by atoms with E-state index in [1.165, 1.54) is 11.5 Å². The summed E-state index contributed by atoms with van der Waals surface area (Å²) in [7, 11) is 1.66. The maximum atomic E-state index is 11.9. The second kappa shape index (κ2) is 12.6. The molecule has 5 atom stereocenters. The van der Waals surface area contributed by atoms with Crippen LogP contribution < -0.4 is 5.32 Å². The minimum Gasteiger partial charge on any atom is -0.493 e. The lowest BCUT2D eigenvalue weighted by molar-refractivity contribution is -0.254. The summed E-state index contributed by atoms with van der Waals surface area (Å²) >= 11 is 5.29. The molecule has 0 saturated carbocycles. The molecule has 1 aliphatic rings. The van der Waals surface area contributed by atoms with Crippen molar-refractivity contribution in [2.45, 2.75) is 58.3 Å². The van der Waals surface area contributed by atoms with Crippen molar-refractivity contribution in [1.82, 2.24) is 9.88 Å². The first kappa shape index (κ1) is 29.4. The predicted molar refractivity (Wildman–Crippen MR) is 137 cm³/mol. The van der Waals surface area contributed by atoms with Crippen LogP contribution in [0.15, 0.2) is 34.5 Å². The number of benzene rings is 1. The van der Waals surface area contributed by atoms with Crippen LogP contribution in [-0.4, -0.2) is 75.9 Å². The first-order valence-corrected chi connectivity index (χ1v) is 12.1. The number of fused-ring (bicyclic) bond motifs is 1. The van der Waals surface area contributed by atoms with Gasteiger partial charge in [-0.15, -0.1) is 10.2 Å². The number of aromatic nitrogens is 1. The second-order valence-electron chi connectivity index (χ2n) is 8.52. The third kappa shape index (κ3) is 7.26. The maximum absolute atomic E-state index is 11.9. The summed E-state index contributed by atoms with van der Waals surface area (Å²) in [5.41, 5.74) is 0.876. The molecule has 0 amide bonds. The zero-order chi connectivity index (χ0) is 28.9. The molecular weight excluding hydrogens is 536 g/mol. The zero-order valence-corrected chi connectivity index (χ0v) is 22.6. The fourth-order valence-electron chi connectivity index (χ4n) is 4.05. The lowest BCUT2D eigenvalue weighted by Gasteiger charge is -2.44. The van der Waals surface area contributed by atoms with Crippen molar-refractivity contribution in [3.63, 3.8) is 0 Å². The van der Waals surface area contributed by atoms with E-state index in [-0.39, 0.29) is 16.7 Å². The van der Waals surface area contributed by atoms with E-state index < -0.39 is 61.1 Å². The number of nitrogens with zero attached hydrogens (tertiary/aromatic N) is 3. The van der Waals surface area contributed by atoms with Gasteiger partial charge in [-0.1, -0.05) is 18.2 Å². The first-order chi connectivity index (χ1) is 18.4. The Bertz CT molecular complexity index is 1310. The van der Waals surface area contributed by atoms with Crippen LogP contribution in [0.25, 0.3) is 10.9 Å². The first-order valence-electron chi connectivity index (χ1n) is 11.7. The van der Waals surface area contributed by atoms with Crippen LogP contribution in [0.2, 0.25) is 0 Å². The molecule has 1 saturated heterocycles. The van der Waals surface area contributed by atoms with Crippen molar-refractivity contribution in [3.8, 4) is 5.88 Å². The Labute approximate surface area is 228 Å². The number of aromatic hydroxyl groups is 1. The SMILES string of the molecule is CC(=O)OC[C@H]1O[C@@H](NC(=S)N=Nc2c(O)n(C)c3ccccc23)[C@H](OC(C)=O)[C@@H](OC(C)=O)[C@@H]1OC(C)=O. The number of rotatable bonds is 7. The van der Waals surface area contributed by atoms with E-state index >= 15 is 0 Å². The average molecular weight is 565 g/mol. The third-order valence-corrected chi connectivity index (χ3v) is 5.75. The highest BCUT2D eigenvalue weighted by Gasteiger charge is 2.52. The fraction of sp³-hybridized carbons (Fsp3) is 0.458. The molecular formula is C24H28N4O10S. The number of hydrogen-bond acceptors (Lipinski definition) is 12. The molecule has 0 aliphatic carbocycles. The summed E-state index contributed by atoms with van der Waals surface area (Å²) in [5, 5.41) is 21.6. The Morgan fingerprint density at radius 3 is 2.18 bits per heavy atom. The standard InChI is InChI=1S/C24H28N4O10S/c1-11(29)34-10-17-19(35-12(2)30)20(36-13(3)31)21(37-14(4)32)22(38-17)25-24(39)27-26-18-15-8-6-7-9-16(15)28(5)23(18)33/h6-9,17,19-22,33H,10H2,1-5H3,(H,25,39)/t17-,19-,20+,21-,22-/m1/s1. The van der Waals surface area contributed by atoms with E-state index in [0.717, 1.165) is 20.8 Å². The molecule has 15 heteroatoms. The Kier molecular flexibility index (Phi) is 9.53. The molecule has 1 fully saturated rings. The van der Waals surface area contributed by atoms with Crippen molar-refractivity contribution in [1.29, 1.82) is 0 Å². The fourth-order valence-corrected chi connectivity index (χ4v) is 4.21. The Hall–Kier alpha value is -4.11. The van der Waals surface area contributed by atoms with Crippen molar-refractivity contribution < 1.29 is 48.0 Å². The zero-order valence-electron chi connectivity index (χ0n) is 21.8. The second-order valence-corrected chi connectivity index (χ2v) is 8.90. The van der Waals surface area contributed by atoms with E-state index in [0.29, 0.717) is 10.9 Å². The van der Waals surface area contributed by atoms with Crippen LogP contribution in [0.3, 0.4) is 0 Å². The van der Waals surface area contributed by atoms with Crippen LogP contribution in [-0.2, 0) is 49.9 Å². The molecule has 0 unspecified atom stereocenters. The van der Waals surface area contributed by atoms with Crippen LogP contribution >= 0.6 is 12.2 Å².